The summed E-state index contributed by atoms with van der Waals surface area (Å²) >= 11 is 5.91. The van der Waals surface area contributed by atoms with Gasteiger partial charge in [0, 0.05) is 31.1 Å². The van der Waals surface area contributed by atoms with Crippen LogP contribution in [0.5, 0.6) is 0 Å². The Balaban J connectivity index is 1.53. The second-order valence-corrected chi connectivity index (χ2v) is 10.8. The number of benzene rings is 1. The minimum absolute atomic E-state index is 0.0268. The van der Waals surface area contributed by atoms with Crippen LogP contribution in [-0.2, 0) is 22.5 Å². The van der Waals surface area contributed by atoms with Crippen molar-refractivity contribution >= 4 is 52.0 Å². The fourth-order valence-corrected chi connectivity index (χ4v) is 5.68. The molecule has 1 saturated heterocycles. The van der Waals surface area contributed by atoms with Crippen LogP contribution in [0.25, 0.3) is 11.4 Å². The third-order valence-corrected chi connectivity index (χ3v) is 7.63. The lowest BCUT2D eigenvalue weighted by Gasteiger charge is -2.31. The highest BCUT2D eigenvalue weighted by atomic mass is 35.5. The van der Waals surface area contributed by atoms with Crippen LogP contribution in [0.15, 0.2) is 34.0 Å². The molecule has 1 amide bonds. The first kappa shape index (κ1) is 28.5. The molecule has 1 fully saturated rings. The highest BCUT2D eigenvalue weighted by molar-refractivity contribution is 8.00. The van der Waals surface area contributed by atoms with E-state index in [1.165, 1.54) is 16.6 Å². The van der Waals surface area contributed by atoms with Crippen molar-refractivity contribution in [3.63, 3.8) is 0 Å². The number of thioether (sulfide) groups is 1. The number of rotatable bonds is 7. The topological polar surface area (TPSA) is 106 Å². The minimum atomic E-state index is -4.46. The molecule has 2 aliphatic rings. The number of fused-ring (bicyclic) bond motifs is 1. The van der Waals surface area contributed by atoms with Gasteiger partial charge >= 0.3 is 5.51 Å². The summed E-state index contributed by atoms with van der Waals surface area (Å²) in [6, 6.07) is 3.72. The number of nitrogens with one attached hydrogen (secondary N) is 2. The first-order valence-electron chi connectivity index (χ1n) is 12.7. The zero-order valence-electron chi connectivity index (χ0n) is 21.6. The summed E-state index contributed by atoms with van der Waals surface area (Å²) in [5, 5.41) is 10.5. The van der Waals surface area contributed by atoms with Crippen molar-refractivity contribution in [2.24, 2.45) is 0 Å². The summed E-state index contributed by atoms with van der Waals surface area (Å²) in [5.41, 5.74) is -2.63. The number of halogens is 4. The molecule has 40 heavy (non-hydrogen) atoms. The normalized spacial score (nSPS) is 16.3. The summed E-state index contributed by atoms with van der Waals surface area (Å²) < 4.78 is 46.5. The van der Waals surface area contributed by atoms with Crippen LogP contribution in [0.1, 0.15) is 24.9 Å². The van der Waals surface area contributed by atoms with Crippen molar-refractivity contribution < 1.29 is 22.7 Å². The van der Waals surface area contributed by atoms with Gasteiger partial charge in [-0.15, -0.1) is 5.10 Å². The Bertz CT molecular complexity index is 1520. The Morgan fingerprint density at radius 1 is 1.27 bits per heavy atom. The molecule has 1 aromatic carbocycles. The van der Waals surface area contributed by atoms with E-state index in [0.717, 1.165) is 11.6 Å². The highest BCUT2D eigenvalue weighted by Gasteiger charge is 2.30. The van der Waals surface area contributed by atoms with E-state index >= 15 is 0 Å². The van der Waals surface area contributed by atoms with Gasteiger partial charge in [0.15, 0.2) is 5.82 Å². The van der Waals surface area contributed by atoms with Crippen LogP contribution in [0.4, 0.5) is 24.5 Å². The summed E-state index contributed by atoms with van der Waals surface area (Å²) in [6.07, 6.45) is 2.92. The first-order valence-corrected chi connectivity index (χ1v) is 13.9. The fraction of sp³-hybridized carbons (Fsp3) is 0.440. The maximum atomic E-state index is 13.7. The van der Waals surface area contributed by atoms with E-state index in [2.05, 4.69) is 20.7 Å². The third-order valence-electron chi connectivity index (χ3n) is 6.59. The number of hydrogen-bond donors (Lipinski definition) is 2. The molecule has 3 aromatic rings. The average molecular weight is 598 g/mol. The second-order valence-electron chi connectivity index (χ2n) is 9.22. The Hall–Kier alpha value is -3.07. The maximum Gasteiger partial charge on any atom is 0.446 e. The van der Waals surface area contributed by atoms with Crippen molar-refractivity contribution in [2.75, 3.05) is 49.6 Å². The fourth-order valence-electron chi connectivity index (χ4n) is 4.81. The van der Waals surface area contributed by atoms with Gasteiger partial charge in [-0.1, -0.05) is 24.6 Å². The summed E-state index contributed by atoms with van der Waals surface area (Å²) in [4.78, 5) is 33.6. The van der Waals surface area contributed by atoms with E-state index in [1.807, 2.05) is 17.9 Å². The number of anilines is 2. The molecule has 2 N–H and O–H groups in total. The number of amides is 1. The minimum Gasteiger partial charge on any atom is -0.377 e. The van der Waals surface area contributed by atoms with Crippen molar-refractivity contribution in [2.45, 2.75) is 36.7 Å². The molecular formula is C25H27ClF3N7O3S. The maximum absolute atomic E-state index is 13.7. The summed E-state index contributed by atoms with van der Waals surface area (Å²) in [6.45, 7) is 5.25. The molecule has 0 saturated carbocycles. The molecule has 214 valence electrons. The molecule has 0 bridgehead atoms. The van der Waals surface area contributed by atoms with E-state index in [9.17, 15) is 22.8 Å². The van der Waals surface area contributed by atoms with Crippen LogP contribution in [0.3, 0.4) is 0 Å². The smallest absolute Gasteiger partial charge is 0.377 e. The predicted molar refractivity (Wildman–Crippen MR) is 147 cm³/mol. The number of carbonyl (C=O) groups excluding carboxylic acids is 1. The lowest BCUT2D eigenvalue weighted by molar-refractivity contribution is -0.116. The van der Waals surface area contributed by atoms with Gasteiger partial charge in [0.05, 0.1) is 29.6 Å². The zero-order valence-corrected chi connectivity index (χ0v) is 23.1. The Labute approximate surface area is 236 Å². The van der Waals surface area contributed by atoms with Gasteiger partial charge in [0.1, 0.15) is 12.2 Å². The lowest BCUT2D eigenvalue weighted by Crippen LogP contribution is -2.47. The Morgan fingerprint density at radius 3 is 2.70 bits per heavy atom. The van der Waals surface area contributed by atoms with E-state index < -0.39 is 11.4 Å². The van der Waals surface area contributed by atoms with Gasteiger partial charge in [-0.25, -0.2) is 0 Å². The van der Waals surface area contributed by atoms with Gasteiger partial charge in [-0.3, -0.25) is 9.59 Å². The number of nitrogens with zero attached hydrogens (tertiary/aromatic N) is 5. The molecule has 4 heterocycles. The Kier molecular flexibility index (Phi) is 8.40. The van der Waals surface area contributed by atoms with Gasteiger partial charge in [0.2, 0.25) is 11.7 Å². The SMILES string of the molecule is CCc1c(N2CCNCC2)c(=O)n2nc(C3=CCOCC3)nc2n1CC(=O)Nc1ccc(SC(F)(F)F)cc1Cl. The zero-order chi connectivity index (χ0) is 28.4. The van der Waals surface area contributed by atoms with Gasteiger partial charge in [-0.2, -0.15) is 22.7 Å². The number of ether oxygens (including phenoxy) is 1. The molecule has 0 spiro atoms. The molecule has 2 aliphatic heterocycles. The van der Waals surface area contributed by atoms with Crippen molar-refractivity contribution in [3.8, 4) is 0 Å². The van der Waals surface area contributed by atoms with E-state index in [0.29, 0.717) is 69.4 Å². The van der Waals surface area contributed by atoms with Gasteiger partial charge in [0.25, 0.3) is 5.56 Å². The number of piperazine rings is 1. The molecule has 15 heteroatoms. The summed E-state index contributed by atoms with van der Waals surface area (Å²) in [7, 11) is 0. The number of aromatic nitrogens is 4. The molecular weight excluding hydrogens is 571 g/mol. The van der Waals surface area contributed by atoms with Crippen LogP contribution in [0, 0.1) is 0 Å². The predicted octanol–water partition coefficient (Wildman–Crippen LogP) is 3.57. The van der Waals surface area contributed by atoms with Crippen molar-refractivity contribution in [1.29, 1.82) is 0 Å². The van der Waals surface area contributed by atoms with E-state index in [-0.39, 0.29) is 45.2 Å². The molecule has 10 nitrogen and oxygen atoms in total. The quantitative estimate of drug-likeness (QED) is 0.398. The Morgan fingerprint density at radius 2 is 2.05 bits per heavy atom. The van der Waals surface area contributed by atoms with Crippen LogP contribution in [0.2, 0.25) is 5.02 Å². The number of hydrogen-bond acceptors (Lipinski definition) is 8. The number of alkyl halides is 3. The second kappa shape index (κ2) is 11.8. The third kappa shape index (κ3) is 6.14. The average Bonchev–Trinajstić information content (AvgIpc) is 3.38. The van der Waals surface area contributed by atoms with Crippen molar-refractivity contribution in [3.05, 3.63) is 51.2 Å². The standard InChI is InChI=1S/C25H27ClF3N7O3S/c1-2-19-21(34-9-7-30-8-10-34)23(38)36-24(32-22(33-36)15-5-11-39-12-6-15)35(19)14-20(37)31-18-4-3-16(13-17(18)26)40-25(27,28)29/h3-5,13,30H,2,6-12,14H2,1H3,(H,31,37). The molecule has 0 radical (unpaired) electrons. The first-order chi connectivity index (χ1) is 19.1. The highest BCUT2D eigenvalue weighted by Crippen LogP contribution is 2.39. The monoisotopic (exact) mass is 597 g/mol. The van der Waals surface area contributed by atoms with E-state index in [4.69, 9.17) is 16.3 Å². The van der Waals surface area contributed by atoms with Crippen LogP contribution >= 0.6 is 23.4 Å². The molecule has 5 rings (SSSR count). The van der Waals surface area contributed by atoms with E-state index in [1.54, 1.807) is 4.57 Å². The molecule has 0 aliphatic carbocycles. The number of carbonyl (C=O) groups is 1. The summed E-state index contributed by atoms with van der Waals surface area (Å²) in [5.74, 6) is 0.135. The van der Waals surface area contributed by atoms with Gasteiger partial charge in [-0.05, 0) is 48.4 Å². The molecule has 0 atom stereocenters. The molecule has 2 aromatic heterocycles. The van der Waals surface area contributed by atoms with Gasteiger partial charge < -0.3 is 24.8 Å². The largest absolute Gasteiger partial charge is 0.446 e. The van der Waals surface area contributed by atoms with Crippen molar-refractivity contribution in [1.82, 2.24) is 24.5 Å². The lowest BCUT2D eigenvalue weighted by atomic mass is 10.1. The van der Waals surface area contributed by atoms with Crippen LogP contribution in [-0.4, -0.2) is 70.0 Å². The molecule has 0 unspecified atom stereocenters. The van der Waals surface area contributed by atoms with Crippen LogP contribution < -0.4 is 21.1 Å².